The van der Waals surface area contributed by atoms with E-state index in [-0.39, 0.29) is 45.6 Å². The number of carbonyl (C=O) groups is 3. The Hall–Kier alpha value is -2.10. The summed E-state index contributed by atoms with van der Waals surface area (Å²) in [7, 11) is 0. The molecule has 1 saturated heterocycles. The van der Waals surface area contributed by atoms with E-state index in [0.717, 1.165) is 26.8 Å². The van der Waals surface area contributed by atoms with Crippen LogP contribution in [0.3, 0.4) is 0 Å². The molecule has 2 N–H and O–H groups in total. The van der Waals surface area contributed by atoms with Crippen LogP contribution >= 0.6 is 34.7 Å². The second-order valence-corrected chi connectivity index (χ2v) is 11.7. The number of hydrogen-bond donors (Lipinski definition) is 2. The Labute approximate surface area is 196 Å². The van der Waals surface area contributed by atoms with E-state index < -0.39 is 23.8 Å². The average molecular weight is 491 g/mol. The van der Waals surface area contributed by atoms with E-state index in [1.165, 1.54) is 18.3 Å². The second kappa shape index (κ2) is 6.95. The highest BCUT2D eigenvalue weighted by atomic mass is 35.5. The minimum absolute atomic E-state index is 0.0196. The van der Waals surface area contributed by atoms with Gasteiger partial charge in [-0.05, 0) is 48.8 Å². The van der Waals surface area contributed by atoms with Crippen LogP contribution in [0.5, 0.6) is 0 Å². The Morgan fingerprint density at radius 1 is 1.16 bits per heavy atom. The molecule has 1 aromatic heterocycles. The lowest BCUT2D eigenvalue weighted by Gasteiger charge is -2.43. The molecule has 2 amide bonds. The third-order valence-electron chi connectivity index (χ3n) is 7.73. The number of hydrogen-bond acceptors (Lipinski definition) is 6. The van der Waals surface area contributed by atoms with Gasteiger partial charge in [-0.15, -0.1) is 11.8 Å². The first-order valence-corrected chi connectivity index (χ1v) is 12.6. The first-order chi connectivity index (χ1) is 15.3. The predicted molar refractivity (Wildman–Crippen MR) is 119 cm³/mol. The van der Waals surface area contributed by atoms with Crippen LogP contribution in [0.4, 0.5) is 0 Å². The van der Waals surface area contributed by atoms with E-state index in [9.17, 15) is 24.3 Å². The zero-order valence-corrected chi connectivity index (χ0v) is 19.2. The molecule has 6 rings (SSSR count). The number of rotatable bonds is 3. The fourth-order valence-corrected chi connectivity index (χ4v) is 9.59. The highest BCUT2D eigenvalue weighted by Gasteiger charge is 2.70. The summed E-state index contributed by atoms with van der Waals surface area (Å²) < 4.78 is 0. The Balaban J connectivity index is 1.45. The van der Waals surface area contributed by atoms with Crippen molar-refractivity contribution in [2.24, 2.45) is 29.6 Å². The highest BCUT2D eigenvalue weighted by molar-refractivity contribution is 8.00. The van der Waals surface area contributed by atoms with Gasteiger partial charge in [0, 0.05) is 21.1 Å². The Morgan fingerprint density at radius 3 is 2.47 bits per heavy atom. The molecule has 1 aromatic carbocycles. The van der Waals surface area contributed by atoms with Crippen molar-refractivity contribution in [1.82, 2.24) is 9.88 Å². The molecule has 4 aliphatic rings. The van der Waals surface area contributed by atoms with Gasteiger partial charge >= 0.3 is 10.8 Å². The number of benzene rings is 1. The average Bonchev–Trinajstić information content (AvgIpc) is 3.47. The number of carbonyl (C=O) groups excluding carboxylic acids is 2. The summed E-state index contributed by atoms with van der Waals surface area (Å²) >= 11 is 8.93. The normalized spacial score (nSPS) is 35.6. The summed E-state index contributed by atoms with van der Waals surface area (Å²) in [5.41, 5.74) is 1.04. The van der Waals surface area contributed by atoms with Gasteiger partial charge in [0.15, 0.2) is 0 Å². The Bertz CT molecular complexity index is 1220. The van der Waals surface area contributed by atoms with E-state index in [4.69, 9.17) is 11.6 Å². The molecule has 2 aromatic rings. The van der Waals surface area contributed by atoms with Crippen molar-refractivity contribution in [3.05, 3.63) is 49.4 Å². The molecule has 0 spiro atoms. The maximum Gasteiger partial charge on any atom is 0.326 e. The molecule has 8 unspecified atom stereocenters. The third kappa shape index (κ3) is 2.61. The van der Waals surface area contributed by atoms with E-state index in [1.807, 2.05) is 24.3 Å². The minimum Gasteiger partial charge on any atom is -0.480 e. The standard InChI is InChI=1S/C22H19ClN2O5S2/c1-7(21(28)29)25-19(26)14-10-6-11(15(14)20(25)27)16-13(10)12(8-2-4-9(23)5-3-8)17-18(31-16)24-22(30)32-17/h2-5,7,10-16H,6H2,1H3,(H,24,30)(H,28,29). The number of nitrogens with zero attached hydrogens (tertiary/aromatic N) is 1. The van der Waals surface area contributed by atoms with Crippen LogP contribution in [-0.4, -0.2) is 44.1 Å². The number of imide groups is 1. The number of nitrogens with one attached hydrogen (secondary N) is 1. The predicted octanol–water partition coefficient (Wildman–Crippen LogP) is 3.04. The summed E-state index contributed by atoms with van der Waals surface area (Å²) in [5, 5.41) is 11.0. The first-order valence-electron chi connectivity index (χ1n) is 10.5. The van der Waals surface area contributed by atoms with Crippen molar-refractivity contribution in [2.45, 2.75) is 35.6 Å². The molecule has 166 valence electrons. The van der Waals surface area contributed by atoms with Crippen molar-refractivity contribution >= 4 is 52.5 Å². The lowest BCUT2D eigenvalue weighted by atomic mass is 9.68. The number of halogens is 1. The number of aromatic nitrogens is 1. The van der Waals surface area contributed by atoms with E-state index >= 15 is 0 Å². The Morgan fingerprint density at radius 2 is 1.81 bits per heavy atom. The number of aliphatic carboxylic acids is 1. The molecule has 0 radical (unpaired) electrons. The number of carboxylic acid groups (broad SMARTS) is 1. The van der Waals surface area contributed by atoms with Crippen LogP contribution in [0.2, 0.25) is 5.02 Å². The van der Waals surface area contributed by atoms with Gasteiger partial charge in [0.25, 0.3) is 0 Å². The van der Waals surface area contributed by atoms with Gasteiger partial charge in [0.1, 0.15) is 6.04 Å². The van der Waals surface area contributed by atoms with Crippen molar-refractivity contribution in [1.29, 1.82) is 0 Å². The number of thioether (sulfide) groups is 1. The van der Waals surface area contributed by atoms with Crippen LogP contribution in [0.25, 0.3) is 0 Å². The number of aromatic amines is 1. The lowest BCUT2D eigenvalue weighted by Crippen LogP contribution is -2.44. The zero-order chi connectivity index (χ0) is 22.5. The van der Waals surface area contributed by atoms with Crippen molar-refractivity contribution in [3.63, 3.8) is 0 Å². The number of carboxylic acids is 1. The van der Waals surface area contributed by atoms with Gasteiger partial charge in [-0.1, -0.05) is 35.1 Å². The van der Waals surface area contributed by atoms with Gasteiger partial charge < -0.3 is 10.1 Å². The van der Waals surface area contributed by atoms with Crippen molar-refractivity contribution in [2.75, 3.05) is 0 Å². The molecule has 2 aliphatic heterocycles. The summed E-state index contributed by atoms with van der Waals surface area (Å²) in [6.07, 6.45) is 0.772. The molecule has 3 fully saturated rings. The maximum atomic E-state index is 13.3. The van der Waals surface area contributed by atoms with Gasteiger partial charge in [-0.25, -0.2) is 4.79 Å². The quantitative estimate of drug-likeness (QED) is 0.640. The van der Waals surface area contributed by atoms with E-state index in [1.54, 1.807) is 11.8 Å². The van der Waals surface area contributed by atoms with Crippen LogP contribution in [0, 0.1) is 29.6 Å². The fourth-order valence-electron chi connectivity index (χ4n) is 6.58. The zero-order valence-electron chi connectivity index (χ0n) is 16.9. The largest absolute Gasteiger partial charge is 0.480 e. The molecular weight excluding hydrogens is 472 g/mol. The van der Waals surface area contributed by atoms with Crippen LogP contribution in [0.1, 0.15) is 29.7 Å². The molecular formula is C22H19ClN2O5S2. The number of fused-ring (bicyclic) bond motifs is 9. The van der Waals surface area contributed by atoms with Gasteiger partial charge in [0.2, 0.25) is 11.8 Å². The number of thiazole rings is 1. The molecule has 2 saturated carbocycles. The molecule has 3 heterocycles. The van der Waals surface area contributed by atoms with E-state index in [2.05, 4.69) is 4.98 Å². The summed E-state index contributed by atoms with van der Waals surface area (Å²) in [6, 6.07) is 6.44. The topological polar surface area (TPSA) is 108 Å². The SMILES string of the molecule is CC(C(=O)O)N1C(=O)C2C3CC(C2C1=O)C1C(c2ccc(Cl)cc2)c2sc(=O)[nH]c2SC31. The lowest BCUT2D eigenvalue weighted by molar-refractivity contribution is -0.154. The Kier molecular flexibility index (Phi) is 4.45. The smallest absolute Gasteiger partial charge is 0.326 e. The van der Waals surface area contributed by atoms with Gasteiger partial charge in [-0.3, -0.25) is 19.3 Å². The minimum atomic E-state index is -1.18. The van der Waals surface area contributed by atoms with Crippen molar-refractivity contribution < 1.29 is 19.5 Å². The maximum absolute atomic E-state index is 13.3. The molecule has 2 bridgehead atoms. The summed E-state index contributed by atoms with van der Waals surface area (Å²) in [6.45, 7) is 1.39. The van der Waals surface area contributed by atoms with Gasteiger partial charge in [0.05, 0.1) is 16.9 Å². The number of likely N-dealkylation sites (tertiary alicyclic amines) is 1. The highest BCUT2D eigenvalue weighted by Crippen LogP contribution is 2.68. The van der Waals surface area contributed by atoms with Gasteiger partial charge in [-0.2, -0.15) is 0 Å². The van der Waals surface area contributed by atoms with E-state index in [0.29, 0.717) is 5.02 Å². The van der Waals surface area contributed by atoms with Crippen LogP contribution in [-0.2, 0) is 14.4 Å². The number of amides is 2. The fraction of sp³-hybridized carbons (Fsp3) is 0.455. The van der Waals surface area contributed by atoms with Crippen LogP contribution in [0.15, 0.2) is 34.1 Å². The summed E-state index contributed by atoms with van der Waals surface area (Å²) in [4.78, 5) is 55.1. The third-order valence-corrected chi connectivity index (χ3v) is 10.6. The second-order valence-electron chi connectivity index (χ2n) is 9.07. The van der Waals surface area contributed by atoms with Crippen molar-refractivity contribution in [3.8, 4) is 0 Å². The molecule has 10 heteroatoms. The van der Waals surface area contributed by atoms with Crippen LogP contribution < -0.4 is 4.87 Å². The number of H-pyrrole nitrogens is 1. The molecule has 32 heavy (non-hydrogen) atoms. The molecule has 8 atom stereocenters. The first kappa shape index (κ1) is 20.5. The monoisotopic (exact) mass is 490 g/mol. The molecule has 7 nitrogen and oxygen atoms in total. The summed E-state index contributed by atoms with van der Waals surface area (Å²) in [5.74, 6) is -2.87. The molecule has 2 aliphatic carbocycles.